The zero-order valence-corrected chi connectivity index (χ0v) is 21.8. The van der Waals surface area contributed by atoms with Crippen LogP contribution >= 0.6 is 0 Å². The number of unbranched alkanes of at least 4 members (excludes halogenated alkanes) is 1. The molecule has 3 rings (SSSR count). The average molecular weight is 469 g/mol. The first kappa shape index (κ1) is 25.1. The predicted molar refractivity (Wildman–Crippen MR) is 132 cm³/mol. The molecule has 0 saturated heterocycles. The van der Waals surface area contributed by atoms with Crippen LogP contribution in [0.4, 0.5) is 0 Å². The van der Waals surface area contributed by atoms with Crippen LogP contribution in [-0.4, -0.2) is 43.2 Å². The summed E-state index contributed by atoms with van der Waals surface area (Å²) in [7, 11) is -1.95. The van der Waals surface area contributed by atoms with Gasteiger partial charge in [0.05, 0.1) is 32.7 Å². The van der Waals surface area contributed by atoms with Gasteiger partial charge in [-0.2, -0.15) is 0 Å². The van der Waals surface area contributed by atoms with E-state index >= 15 is 0 Å². The number of nitrogens with zero attached hydrogens (tertiary/aromatic N) is 2. The summed E-state index contributed by atoms with van der Waals surface area (Å²) in [6.45, 7) is 12.9. The molecule has 0 atom stereocenters. The number of hydrogen-bond donors (Lipinski definition) is 0. The Bertz CT molecular complexity index is 997. The Kier molecular flexibility index (Phi) is 7.72. The molecule has 1 aliphatic rings. The monoisotopic (exact) mass is 468 g/mol. The molecular formula is C26H36N2O4Si. The second-order valence-corrected chi connectivity index (χ2v) is 14.7. The second kappa shape index (κ2) is 10.2. The van der Waals surface area contributed by atoms with Gasteiger partial charge in [-0.25, -0.2) is 0 Å². The lowest BCUT2D eigenvalue weighted by atomic mass is 9.84. The van der Waals surface area contributed by atoms with Gasteiger partial charge in [0.25, 0.3) is 0 Å². The third-order valence-corrected chi connectivity index (χ3v) is 8.25. The quantitative estimate of drug-likeness (QED) is 0.311. The van der Waals surface area contributed by atoms with Gasteiger partial charge in [0, 0.05) is 18.3 Å². The van der Waals surface area contributed by atoms with Crippen molar-refractivity contribution in [1.82, 2.24) is 9.97 Å². The van der Waals surface area contributed by atoms with E-state index in [1.54, 1.807) is 20.0 Å². The van der Waals surface area contributed by atoms with E-state index in [1.807, 2.05) is 18.2 Å². The van der Waals surface area contributed by atoms with Crippen LogP contribution in [-0.2, 0) is 38.3 Å². The van der Waals surface area contributed by atoms with E-state index in [0.717, 1.165) is 47.5 Å². The lowest BCUT2D eigenvalue weighted by Gasteiger charge is -2.26. The van der Waals surface area contributed by atoms with Gasteiger partial charge in [-0.1, -0.05) is 39.1 Å². The average Bonchev–Trinajstić information content (AvgIpc) is 3.19. The summed E-state index contributed by atoms with van der Waals surface area (Å²) in [5.41, 5.74) is 3.45. The SMILES string of the molecule is CCCCc1nc(-c2ccccn2)c([Si](C)(C)C)c2c1CC(C(=O)OCC)(C(=O)OCC)C2. The Morgan fingerprint density at radius 3 is 2.15 bits per heavy atom. The molecule has 33 heavy (non-hydrogen) atoms. The molecule has 0 aliphatic heterocycles. The van der Waals surface area contributed by atoms with E-state index in [9.17, 15) is 9.59 Å². The zero-order chi connectivity index (χ0) is 24.2. The zero-order valence-electron chi connectivity index (χ0n) is 20.8. The molecule has 0 saturated carbocycles. The highest BCUT2D eigenvalue weighted by atomic mass is 28.3. The lowest BCUT2D eigenvalue weighted by molar-refractivity contribution is -0.171. The van der Waals surface area contributed by atoms with Crippen molar-refractivity contribution in [3.63, 3.8) is 0 Å². The number of fused-ring (bicyclic) bond motifs is 1. The molecule has 2 aromatic heterocycles. The van der Waals surface area contributed by atoms with Crippen LogP contribution in [0.5, 0.6) is 0 Å². The van der Waals surface area contributed by atoms with E-state index in [-0.39, 0.29) is 19.6 Å². The summed E-state index contributed by atoms with van der Waals surface area (Å²) in [5.74, 6) is -0.996. The highest BCUT2D eigenvalue weighted by Crippen LogP contribution is 2.42. The maximum Gasteiger partial charge on any atom is 0.324 e. The van der Waals surface area contributed by atoms with Crippen molar-refractivity contribution in [3.8, 4) is 11.4 Å². The number of hydrogen-bond acceptors (Lipinski definition) is 6. The number of carbonyl (C=O) groups is 2. The number of rotatable bonds is 9. The first-order chi connectivity index (χ1) is 15.7. The van der Waals surface area contributed by atoms with Crippen LogP contribution in [0.25, 0.3) is 11.4 Å². The van der Waals surface area contributed by atoms with Crippen LogP contribution < -0.4 is 5.19 Å². The maximum atomic E-state index is 13.2. The molecule has 6 nitrogen and oxygen atoms in total. The summed E-state index contributed by atoms with van der Waals surface area (Å²) in [6, 6.07) is 5.86. The molecule has 2 heterocycles. The Morgan fingerprint density at radius 1 is 1.00 bits per heavy atom. The third kappa shape index (κ3) is 4.88. The first-order valence-electron chi connectivity index (χ1n) is 12.0. The summed E-state index contributed by atoms with van der Waals surface area (Å²) < 4.78 is 10.9. The standard InChI is InChI=1S/C26H36N2O4Si/c1-7-10-13-20-18-16-26(24(29)31-8-2,25(30)32-9-3)17-19(18)23(33(4,5)6)22(28-20)21-14-11-12-15-27-21/h11-12,14-15H,7-10,13,16-17H2,1-6H3. The van der Waals surface area contributed by atoms with Crippen molar-refractivity contribution in [1.29, 1.82) is 0 Å². The fraction of sp³-hybridized carbons (Fsp3) is 0.538. The summed E-state index contributed by atoms with van der Waals surface area (Å²) in [4.78, 5) is 36.3. The Balaban J connectivity index is 2.30. The molecule has 1 aliphatic carbocycles. The van der Waals surface area contributed by atoms with Crippen molar-refractivity contribution in [3.05, 3.63) is 41.2 Å². The Morgan fingerprint density at radius 2 is 1.64 bits per heavy atom. The van der Waals surface area contributed by atoms with Gasteiger partial charge in [0.1, 0.15) is 0 Å². The molecule has 0 unspecified atom stereocenters. The van der Waals surface area contributed by atoms with Crippen LogP contribution in [0.1, 0.15) is 50.4 Å². The number of carbonyl (C=O) groups excluding carboxylic acids is 2. The number of esters is 2. The highest BCUT2D eigenvalue weighted by molar-refractivity contribution is 6.90. The van der Waals surface area contributed by atoms with Crippen LogP contribution in [0.3, 0.4) is 0 Å². The van der Waals surface area contributed by atoms with Gasteiger partial charge >= 0.3 is 11.9 Å². The first-order valence-corrected chi connectivity index (χ1v) is 15.5. The van der Waals surface area contributed by atoms with E-state index in [2.05, 4.69) is 31.5 Å². The van der Waals surface area contributed by atoms with Crippen molar-refractivity contribution in [2.45, 2.75) is 72.5 Å². The second-order valence-electron chi connectivity index (χ2n) is 9.68. The fourth-order valence-corrected chi connectivity index (χ4v) is 6.79. The number of ether oxygens (including phenoxy) is 2. The predicted octanol–water partition coefficient (Wildman–Crippen LogP) is 4.24. The molecule has 0 aromatic carbocycles. The highest BCUT2D eigenvalue weighted by Gasteiger charge is 2.55. The lowest BCUT2D eigenvalue weighted by Crippen LogP contribution is -2.45. The smallest absolute Gasteiger partial charge is 0.324 e. The summed E-state index contributed by atoms with van der Waals surface area (Å²) in [5, 5.41) is 1.17. The molecule has 0 spiro atoms. The Labute approximate surface area is 198 Å². The minimum absolute atomic E-state index is 0.220. The minimum atomic E-state index is -1.95. The molecule has 178 valence electrons. The third-order valence-electron chi connectivity index (χ3n) is 6.21. The normalized spacial score (nSPS) is 14.6. The van der Waals surface area contributed by atoms with Gasteiger partial charge in [-0.3, -0.25) is 19.6 Å². The minimum Gasteiger partial charge on any atom is -0.465 e. The Hall–Kier alpha value is -2.54. The molecule has 0 radical (unpaired) electrons. The van der Waals surface area contributed by atoms with Gasteiger partial charge in [0.15, 0.2) is 5.41 Å². The van der Waals surface area contributed by atoms with E-state index in [4.69, 9.17) is 14.5 Å². The molecule has 0 amide bonds. The van der Waals surface area contributed by atoms with Gasteiger partial charge in [-0.15, -0.1) is 0 Å². The van der Waals surface area contributed by atoms with Gasteiger partial charge in [-0.05, 0) is 61.6 Å². The molecular weight excluding hydrogens is 432 g/mol. The maximum absolute atomic E-state index is 13.2. The van der Waals surface area contributed by atoms with Gasteiger partial charge < -0.3 is 9.47 Å². The van der Waals surface area contributed by atoms with Crippen molar-refractivity contribution in [2.75, 3.05) is 13.2 Å². The molecule has 2 aromatic rings. The summed E-state index contributed by atoms with van der Waals surface area (Å²) in [6.07, 6.45) is 5.18. The van der Waals surface area contributed by atoms with E-state index in [1.165, 1.54) is 5.19 Å². The van der Waals surface area contributed by atoms with Crippen LogP contribution in [0.15, 0.2) is 24.4 Å². The fourth-order valence-electron chi connectivity index (χ4n) is 4.75. The largest absolute Gasteiger partial charge is 0.465 e. The van der Waals surface area contributed by atoms with Crippen LogP contribution in [0, 0.1) is 5.41 Å². The molecule has 0 fully saturated rings. The van der Waals surface area contributed by atoms with Crippen molar-refractivity contribution < 1.29 is 19.1 Å². The summed E-state index contributed by atoms with van der Waals surface area (Å²) >= 11 is 0. The van der Waals surface area contributed by atoms with Gasteiger partial charge in [0.2, 0.25) is 0 Å². The van der Waals surface area contributed by atoms with Crippen molar-refractivity contribution in [2.24, 2.45) is 5.41 Å². The molecule has 7 heteroatoms. The van der Waals surface area contributed by atoms with Crippen molar-refractivity contribution >= 4 is 25.2 Å². The number of aromatic nitrogens is 2. The molecule has 0 bridgehead atoms. The van der Waals surface area contributed by atoms with E-state index < -0.39 is 25.4 Å². The number of pyridine rings is 2. The van der Waals surface area contributed by atoms with E-state index in [0.29, 0.717) is 6.42 Å². The molecule has 0 N–H and O–H groups in total. The topological polar surface area (TPSA) is 78.4 Å². The number of aryl methyl sites for hydroxylation is 1. The van der Waals surface area contributed by atoms with Crippen LogP contribution in [0.2, 0.25) is 19.6 Å².